The van der Waals surface area contributed by atoms with Gasteiger partial charge in [-0.15, -0.1) is 0 Å². The maximum absolute atomic E-state index is 13.3. The van der Waals surface area contributed by atoms with E-state index in [0.717, 1.165) is 0 Å². The van der Waals surface area contributed by atoms with Gasteiger partial charge in [0.15, 0.2) is 17.3 Å². The van der Waals surface area contributed by atoms with Crippen LogP contribution in [0.25, 0.3) is 0 Å². The number of benzene rings is 1. The van der Waals surface area contributed by atoms with Crippen molar-refractivity contribution in [3.63, 3.8) is 0 Å². The van der Waals surface area contributed by atoms with E-state index in [1.54, 1.807) is 12.1 Å². The monoisotopic (exact) mass is 426 g/mol. The molecule has 2 unspecified atom stereocenters. The van der Waals surface area contributed by atoms with Gasteiger partial charge in [-0.3, -0.25) is 14.4 Å². The van der Waals surface area contributed by atoms with E-state index in [-0.39, 0.29) is 60.3 Å². The fourth-order valence-corrected chi connectivity index (χ4v) is 5.73. The summed E-state index contributed by atoms with van der Waals surface area (Å²) in [5.41, 5.74) is -1.10. The first-order valence-corrected chi connectivity index (χ1v) is 10.3. The van der Waals surface area contributed by atoms with Gasteiger partial charge in [0.2, 0.25) is 0 Å². The molecule has 162 valence electrons. The second kappa shape index (κ2) is 6.67. The molecule has 4 aliphatic rings. The van der Waals surface area contributed by atoms with Crippen LogP contribution < -0.4 is 0 Å². The smallest absolute Gasteiger partial charge is 0.198 e. The highest BCUT2D eigenvalue weighted by Gasteiger charge is 2.71. The Hall–Kier alpha value is -2.65. The van der Waals surface area contributed by atoms with Crippen molar-refractivity contribution in [1.82, 2.24) is 0 Å². The highest BCUT2D eigenvalue weighted by molar-refractivity contribution is 6.29. The maximum Gasteiger partial charge on any atom is 0.198 e. The summed E-state index contributed by atoms with van der Waals surface area (Å²) >= 11 is 0. The Morgan fingerprint density at radius 1 is 1.16 bits per heavy atom. The molecule has 1 aliphatic heterocycles. The molecule has 0 radical (unpaired) electrons. The van der Waals surface area contributed by atoms with Crippen LogP contribution in [0.5, 0.6) is 0 Å². The van der Waals surface area contributed by atoms with Crippen molar-refractivity contribution < 1.29 is 39.5 Å². The molecule has 8 heteroatoms. The first kappa shape index (κ1) is 20.3. The third-order valence-electron chi connectivity index (χ3n) is 7.30. The molecule has 1 saturated carbocycles. The van der Waals surface area contributed by atoms with Crippen LogP contribution in [-0.2, 0) is 16.1 Å². The van der Waals surface area contributed by atoms with Crippen molar-refractivity contribution in [1.29, 1.82) is 0 Å². The van der Waals surface area contributed by atoms with E-state index in [1.807, 2.05) is 0 Å². The van der Waals surface area contributed by atoms with E-state index < -0.39 is 47.7 Å². The minimum absolute atomic E-state index is 0.0742. The second-order valence-corrected chi connectivity index (χ2v) is 8.67. The number of fused-ring (bicyclic) bond motifs is 2. The summed E-state index contributed by atoms with van der Waals surface area (Å²) in [5, 5.41) is 39.7. The predicted molar refractivity (Wildman–Crippen MR) is 105 cm³/mol. The van der Waals surface area contributed by atoms with Crippen LogP contribution in [-0.4, -0.2) is 62.7 Å². The number of epoxide rings is 1. The van der Waals surface area contributed by atoms with Crippen molar-refractivity contribution >= 4 is 17.3 Å². The Morgan fingerprint density at radius 2 is 1.94 bits per heavy atom. The Morgan fingerprint density at radius 3 is 2.61 bits per heavy atom. The highest BCUT2D eigenvalue weighted by atomic mass is 16.6. The number of Topliss-reactive ketones (excluding diaryl/α,β-unsaturated/α-hetero) is 3. The quantitative estimate of drug-likeness (QED) is 0.509. The molecule has 0 amide bonds. The van der Waals surface area contributed by atoms with E-state index in [1.165, 1.54) is 6.07 Å². The van der Waals surface area contributed by atoms with Crippen LogP contribution in [0.1, 0.15) is 52.0 Å². The zero-order chi connectivity index (χ0) is 22.1. The Bertz CT molecular complexity index is 1110. The van der Waals surface area contributed by atoms with Gasteiger partial charge < -0.3 is 25.2 Å². The van der Waals surface area contributed by atoms with Gasteiger partial charge in [-0.05, 0) is 31.2 Å². The second-order valence-electron chi connectivity index (χ2n) is 8.67. The van der Waals surface area contributed by atoms with Gasteiger partial charge in [0, 0.05) is 34.3 Å². The normalized spacial score (nSPS) is 31.1. The summed E-state index contributed by atoms with van der Waals surface area (Å²) in [5.74, 6) is -1.68. The molecular formula is C23H22O8. The molecule has 0 bridgehead atoms. The molecule has 1 spiro atoms. The van der Waals surface area contributed by atoms with Gasteiger partial charge in [-0.2, -0.15) is 0 Å². The van der Waals surface area contributed by atoms with E-state index in [0.29, 0.717) is 11.1 Å². The standard InChI is InChI=1S/C23H22O8/c24-7-6-22(14(27)9-26)5-4-13-19(29)16-17(21-23(13,10-22)31-21)18(28)12-3-1-2-11(8-25)15(12)20(16)30/h1-3,21,24-26,29H,4-10H2/t21?,22-,23?/m1/s1. The fraction of sp³-hybridized carbons (Fsp3) is 0.435. The molecule has 8 nitrogen and oxygen atoms in total. The maximum atomic E-state index is 13.3. The van der Waals surface area contributed by atoms with Gasteiger partial charge in [0.1, 0.15) is 24.1 Å². The van der Waals surface area contributed by atoms with Gasteiger partial charge >= 0.3 is 0 Å². The van der Waals surface area contributed by atoms with Crippen LogP contribution in [0, 0.1) is 5.41 Å². The van der Waals surface area contributed by atoms with Crippen molar-refractivity contribution in [3.8, 4) is 0 Å². The Labute approximate surface area is 177 Å². The van der Waals surface area contributed by atoms with Gasteiger partial charge in [0.05, 0.1) is 12.2 Å². The topological polar surface area (TPSA) is 145 Å². The third kappa shape index (κ3) is 2.47. The van der Waals surface area contributed by atoms with Crippen LogP contribution in [0.15, 0.2) is 40.7 Å². The number of hydrogen-bond acceptors (Lipinski definition) is 8. The number of carbonyl (C=O) groups is 3. The van der Waals surface area contributed by atoms with E-state index in [4.69, 9.17) is 4.74 Å². The minimum atomic E-state index is -1.09. The molecule has 2 fully saturated rings. The van der Waals surface area contributed by atoms with Crippen LogP contribution in [0.4, 0.5) is 0 Å². The van der Waals surface area contributed by atoms with E-state index >= 15 is 0 Å². The zero-order valence-corrected chi connectivity index (χ0v) is 16.7. The average Bonchev–Trinajstić information content (AvgIpc) is 3.48. The molecule has 3 aliphatic carbocycles. The van der Waals surface area contributed by atoms with E-state index in [2.05, 4.69) is 0 Å². The molecule has 4 N–H and O–H groups in total. The van der Waals surface area contributed by atoms with Crippen LogP contribution in [0.3, 0.4) is 0 Å². The number of hydrogen-bond donors (Lipinski definition) is 4. The highest BCUT2D eigenvalue weighted by Crippen LogP contribution is 2.64. The van der Waals surface area contributed by atoms with Gasteiger partial charge in [-0.25, -0.2) is 0 Å². The summed E-state index contributed by atoms with van der Waals surface area (Å²) in [4.78, 5) is 39.2. The Balaban J connectivity index is 1.63. The van der Waals surface area contributed by atoms with Crippen molar-refractivity contribution in [2.45, 2.75) is 44.0 Å². The summed E-state index contributed by atoms with van der Waals surface area (Å²) in [6.45, 7) is -1.34. The van der Waals surface area contributed by atoms with Crippen molar-refractivity contribution in [2.75, 3.05) is 13.2 Å². The third-order valence-corrected chi connectivity index (χ3v) is 7.30. The summed E-state index contributed by atoms with van der Waals surface area (Å²) in [7, 11) is 0. The number of rotatable bonds is 5. The molecular weight excluding hydrogens is 404 g/mol. The number of aliphatic hydroxyl groups is 4. The number of ketones is 3. The molecule has 5 rings (SSSR count). The largest absolute Gasteiger partial charge is 0.507 e. The van der Waals surface area contributed by atoms with Gasteiger partial charge in [0.25, 0.3) is 0 Å². The lowest BCUT2D eigenvalue weighted by Crippen LogP contribution is -2.46. The summed E-state index contributed by atoms with van der Waals surface area (Å²) in [6.07, 6.45) is 0.000370. The minimum Gasteiger partial charge on any atom is -0.507 e. The Kier molecular flexibility index (Phi) is 4.36. The predicted octanol–water partition coefficient (Wildman–Crippen LogP) is 0.932. The molecule has 0 aromatic heterocycles. The number of ether oxygens (including phenoxy) is 1. The SMILES string of the molecule is O=C1C2=C(C(=O)c3c(CO)cccc31)C(O)=C1CC[C@](CCO)(C(=O)CO)CC13OC23. The average molecular weight is 426 g/mol. The number of carbonyl (C=O) groups excluding carboxylic acids is 3. The van der Waals surface area contributed by atoms with Crippen molar-refractivity contribution in [2.24, 2.45) is 5.41 Å². The molecule has 1 aromatic rings. The fourth-order valence-electron chi connectivity index (χ4n) is 5.73. The molecule has 1 aromatic carbocycles. The lowest BCUT2D eigenvalue weighted by molar-refractivity contribution is -0.135. The van der Waals surface area contributed by atoms with E-state index in [9.17, 15) is 34.8 Å². The first-order chi connectivity index (χ1) is 14.8. The molecule has 31 heavy (non-hydrogen) atoms. The number of allylic oxidation sites excluding steroid dienone is 1. The lowest BCUT2D eigenvalue weighted by atomic mass is 9.59. The van der Waals surface area contributed by atoms with Crippen molar-refractivity contribution in [3.05, 3.63) is 57.4 Å². The number of aliphatic hydroxyl groups excluding tert-OH is 4. The molecule has 3 atom stereocenters. The lowest BCUT2D eigenvalue weighted by Gasteiger charge is -2.41. The summed E-state index contributed by atoms with van der Waals surface area (Å²) in [6, 6.07) is 4.66. The summed E-state index contributed by atoms with van der Waals surface area (Å²) < 4.78 is 5.98. The molecule has 1 heterocycles. The van der Waals surface area contributed by atoms with Crippen LogP contribution in [0.2, 0.25) is 0 Å². The van der Waals surface area contributed by atoms with Gasteiger partial charge in [-0.1, -0.05) is 18.2 Å². The zero-order valence-electron chi connectivity index (χ0n) is 16.7. The van der Waals surface area contributed by atoms with Crippen LogP contribution >= 0.6 is 0 Å². The molecule has 1 saturated heterocycles. The first-order valence-electron chi connectivity index (χ1n) is 10.3.